The van der Waals surface area contributed by atoms with Gasteiger partial charge in [-0.15, -0.1) is 0 Å². The number of carbonyl (C=O) groups excluding carboxylic acids is 2. The largest absolute Gasteiger partial charge is 0.496 e. The highest BCUT2D eigenvalue weighted by Gasteiger charge is 2.49. The molecule has 0 saturated carbocycles. The zero-order valence-corrected chi connectivity index (χ0v) is 25.7. The van der Waals surface area contributed by atoms with Crippen molar-refractivity contribution < 1.29 is 19.1 Å². The Balaban J connectivity index is 1.03. The van der Waals surface area contributed by atoms with Crippen molar-refractivity contribution in [1.29, 1.82) is 5.41 Å². The summed E-state index contributed by atoms with van der Waals surface area (Å²) in [4.78, 5) is 35.9. The van der Waals surface area contributed by atoms with Crippen molar-refractivity contribution in [3.63, 3.8) is 0 Å². The second-order valence-corrected chi connectivity index (χ2v) is 12.5. The molecule has 4 aliphatic rings. The molecule has 1 unspecified atom stereocenters. The number of amides is 2. The Labute approximate surface area is 259 Å². The molecule has 4 saturated heterocycles. The molecule has 2 amide bonds. The first-order chi connectivity index (χ1) is 21.4. The zero-order valence-electron chi connectivity index (χ0n) is 25.7. The maximum Gasteiger partial charge on any atom is 0.253 e. The Morgan fingerprint density at radius 1 is 1.02 bits per heavy atom. The standard InChI is InChI=1S/C34H44N6O4/c1-43-31-20-29(6-7-30(31)27(21-35)22-36)40-14-11-34(33(40)42)9-12-39(13-10-34)32(41)26-2-4-28(5-3-26)38-17-15-37(16-18-38)23-25-8-19-44-24-25/h2-7,20-22,25,35H,8-19,23-24,36H2,1H3/b27-22+,35-21?. The molecule has 10 nitrogen and oxygen atoms in total. The first-order valence-corrected chi connectivity index (χ1v) is 15.8. The second kappa shape index (κ2) is 13.0. The lowest BCUT2D eigenvalue weighted by Crippen LogP contribution is -2.48. The van der Waals surface area contributed by atoms with Gasteiger partial charge in [0.25, 0.3) is 5.91 Å². The predicted molar refractivity (Wildman–Crippen MR) is 173 cm³/mol. The Bertz CT molecular complexity index is 1390. The number of carbonyl (C=O) groups is 2. The van der Waals surface area contributed by atoms with Crippen LogP contribution in [0, 0.1) is 16.7 Å². The third kappa shape index (κ3) is 5.93. The number of hydrogen-bond donors (Lipinski definition) is 2. The number of hydrogen-bond acceptors (Lipinski definition) is 8. The Morgan fingerprint density at radius 2 is 1.73 bits per heavy atom. The van der Waals surface area contributed by atoms with Gasteiger partial charge in [-0.25, -0.2) is 0 Å². The number of benzene rings is 2. The molecule has 4 aliphatic heterocycles. The van der Waals surface area contributed by atoms with Crippen LogP contribution in [0.3, 0.4) is 0 Å². The number of methoxy groups -OCH3 is 1. The maximum absolute atomic E-state index is 13.8. The first kappa shape index (κ1) is 30.1. The number of rotatable bonds is 8. The third-order valence-corrected chi connectivity index (χ3v) is 10.1. The molecular formula is C34H44N6O4. The van der Waals surface area contributed by atoms with Crippen LogP contribution in [-0.2, 0) is 9.53 Å². The van der Waals surface area contributed by atoms with Gasteiger partial charge in [-0.2, -0.15) is 0 Å². The van der Waals surface area contributed by atoms with Gasteiger partial charge in [0.2, 0.25) is 5.91 Å². The summed E-state index contributed by atoms with van der Waals surface area (Å²) in [6, 6.07) is 13.6. The number of allylic oxidation sites excluding steroid dienone is 1. The smallest absolute Gasteiger partial charge is 0.253 e. The fraction of sp³-hybridized carbons (Fsp3) is 0.500. The van der Waals surface area contributed by atoms with Crippen LogP contribution in [0.25, 0.3) is 5.57 Å². The monoisotopic (exact) mass is 600 g/mol. The molecule has 6 rings (SSSR count). The fourth-order valence-corrected chi connectivity index (χ4v) is 7.25. The molecule has 1 atom stereocenters. The summed E-state index contributed by atoms with van der Waals surface area (Å²) in [6.45, 7) is 8.79. The van der Waals surface area contributed by atoms with Crippen LogP contribution >= 0.6 is 0 Å². The van der Waals surface area contributed by atoms with Crippen LogP contribution < -0.4 is 20.3 Å². The lowest BCUT2D eigenvalue weighted by Gasteiger charge is -2.38. The van der Waals surface area contributed by atoms with E-state index in [9.17, 15) is 9.59 Å². The van der Waals surface area contributed by atoms with E-state index < -0.39 is 5.41 Å². The Morgan fingerprint density at radius 3 is 2.36 bits per heavy atom. The lowest BCUT2D eigenvalue weighted by atomic mass is 9.77. The van der Waals surface area contributed by atoms with Crippen LogP contribution in [0.5, 0.6) is 5.75 Å². The fourth-order valence-electron chi connectivity index (χ4n) is 7.25. The van der Waals surface area contributed by atoms with Crippen molar-refractivity contribution in [3.8, 4) is 5.75 Å². The van der Waals surface area contributed by atoms with Crippen LogP contribution in [-0.4, -0.2) is 101 Å². The quantitative estimate of drug-likeness (QED) is 0.446. The molecule has 234 valence electrons. The molecule has 4 heterocycles. The van der Waals surface area contributed by atoms with E-state index in [2.05, 4.69) is 21.9 Å². The van der Waals surface area contributed by atoms with Gasteiger partial charge in [-0.1, -0.05) is 0 Å². The van der Waals surface area contributed by atoms with Crippen molar-refractivity contribution in [2.75, 3.05) is 82.5 Å². The molecule has 2 aromatic carbocycles. The second-order valence-electron chi connectivity index (χ2n) is 12.5. The highest BCUT2D eigenvalue weighted by atomic mass is 16.5. The number of anilines is 2. The molecule has 0 aliphatic carbocycles. The molecule has 0 aromatic heterocycles. The molecule has 10 heteroatoms. The number of nitrogens with two attached hydrogens (primary N) is 1. The third-order valence-electron chi connectivity index (χ3n) is 10.1. The molecule has 3 N–H and O–H groups in total. The average Bonchev–Trinajstić information content (AvgIpc) is 3.70. The minimum Gasteiger partial charge on any atom is -0.496 e. The van der Waals surface area contributed by atoms with Crippen LogP contribution in [0.1, 0.15) is 41.6 Å². The number of nitrogens with one attached hydrogen (secondary N) is 1. The van der Waals surface area contributed by atoms with E-state index in [0.717, 1.165) is 63.7 Å². The number of piperazine rings is 1. The number of likely N-dealkylation sites (tertiary alicyclic amines) is 1. The molecule has 0 radical (unpaired) electrons. The van der Waals surface area contributed by atoms with E-state index in [1.54, 1.807) is 7.11 Å². The van der Waals surface area contributed by atoms with Crippen molar-refractivity contribution in [1.82, 2.24) is 9.80 Å². The molecule has 2 aromatic rings. The van der Waals surface area contributed by atoms with Crippen molar-refractivity contribution in [2.45, 2.75) is 25.7 Å². The van der Waals surface area contributed by atoms with Crippen LogP contribution in [0.15, 0.2) is 48.7 Å². The normalized spacial score (nSPS) is 22.6. The summed E-state index contributed by atoms with van der Waals surface area (Å²) in [5.74, 6) is 1.39. The van der Waals surface area contributed by atoms with Crippen molar-refractivity contribution in [2.24, 2.45) is 17.1 Å². The number of nitrogens with zero attached hydrogens (tertiary/aromatic N) is 4. The average molecular weight is 601 g/mol. The molecule has 44 heavy (non-hydrogen) atoms. The zero-order chi connectivity index (χ0) is 30.7. The van der Waals surface area contributed by atoms with Crippen molar-refractivity contribution >= 4 is 35.0 Å². The minimum atomic E-state index is -0.448. The minimum absolute atomic E-state index is 0.0348. The van der Waals surface area contributed by atoms with E-state index in [1.165, 1.54) is 18.8 Å². The van der Waals surface area contributed by atoms with E-state index in [1.807, 2.05) is 40.1 Å². The molecule has 4 fully saturated rings. The molecule has 1 spiro atoms. The molecule has 0 bridgehead atoms. The van der Waals surface area contributed by atoms with Gasteiger partial charge in [0.05, 0.1) is 19.1 Å². The Kier molecular flexibility index (Phi) is 8.91. The topological polar surface area (TPSA) is 115 Å². The highest BCUT2D eigenvalue weighted by molar-refractivity contribution is 6.09. The van der Waals surface area contributed by atoms with Gasteiger partial charge in [-0.3, -0.25) is 14.5 Å². The predicted octanol–water partition coefficient (Wildman–Crippen LogP) is 3.46. The SMILES string of the molecule is COc1cc(N2CCC3(CCN(C(=O)c4ccc(N5CCN(CC6CCOC6)CC5)cc4)CC3)C2=O)ccc1/C(C=N)=C/N. The highest BCUT2D eigenvalue weighted by Crippen LogP contribution is 2.44. The van der Waals surface area contributed by atoms with Gasteiger partial charge in [-0.05, 0) is 68.0 Å². The Hall–Kier alpha value is -3.89. The van der Waals surface area contributed by atoms with E-state index in [0.29, 0.717) is 60.8 Å². The van der Waals surface area contributed by atoms with Crippen LogP contribution in [0.4, 0.5) is 11.4 Å². The molecular weight excluding hydrogens is 556 g/mol. The van der Waals surface area contributed by atoms with E-state index in [4.69, 9.17) is 20.6 Å². The first-order valence-electron chi connectivity index (χ1n) is 15.8. The van der Waals surface area contributed by atoms with Gasteiger partial charge in [0.1, 0.15) is 5.75 Å². The van der Waals surface area contributed by atoms with Gasteiger partial charge >= 0.3 is 0 Å². The number of piperidine rings is 1. The van der Waals surface area contributed by atoms with Crippen molar-refractivity contribution in [3.05, 3.63) is 59.8 Å². The van der Waals surface area contributed by atoms with E-state index >= 15 is 0 Å². The van der Waals surface area contributed by atoms with Gasteiger partial charge in [0, 0.05) is 106 Å². The summed E-state index contributed by atoms with van der Waals surface area (Å²) in [5.41, 5.74) is 9.13. The van der Waals surface area contributed by atoms with Gasteiger partial charge in [0.15, 0.2) is 0 Å². The number of ether oxygens (including phenoxy) is 2. The van der Waals surface area contributed by atoms with E-state index in [-0.39, 0.29) is 11.8 Å². The summed E-state index contributed by atoms with van der Waals surface area (Å²) in [5, 5.41) is 7.61. The van der Waals surface area contributed by atoms with Crippen LogP contribution in [0.2, 0.25) is 0 Å². The summed E-state index contributed by atoms with van der Waals surface area (Å²) >= 11 is 0. The van der Waals surface area contributed by atoms with Gasteiger partial charge < -0.3 is 35.3 Å². The lowest BCUT2D eigenvalue weighted by molar-refractivity contribution is -0.127. The maximum atomic E-state index is 13.8. The summed E-state index contributed by atoms with van der Waals surface area (Å²) < 4.78 is 11.1. The summed E-state index contributed by atoms with van der Waals surface area (Å²) in [6.07, 6.45) is 5.82. The summed E-state index contributed by atoms with van der Waals surface area (Å²) in [7, 11) is 1.57.